The molecular formula is C30H35Cl2N3O5S. The highest BCUT2D eigenvalue weighted by molar-refractivity contribution is 7.92. The van der Waals surface area contributed by atoms with Crippen molar-refractivity contribution in [3.63, 3.8) is 0 Å². The molecule has 1 atom stereocenters. The molecule has 2 amide bonds. The lowest BCUT2D eigenvalue weighted by atomic mass is 10.1. The van der Waals surface area contributed by atoms with Gasteiger partial charge in [-0.2, -0.15) is 0 Å². The third-order valence-corrected chi connectivity index (χ3v) is 8.63. The standard InChI is InChI=1S/C30H35Cl2N3O5S/c1-5-40-26-13-15-27(16-14-26)41(38,39)35(25-9-7-6-8-10-25)20-29(36)34(22(4)30(37)33-18-21(2)3)19-23-11-12-24(31)17-28(23)32/h6-17,21-22H,5,18-20H2,1-4H3,(H,33,37)/t22-/m0/s1. The predicted molar refractivity (Wildman–Crippen MR) is 163 cm³/mol. The molecule has 3 aromatic carbocycles. The summed E-state index contributed by atoms with van der Waals surface area (Å²) in [7, 11) is -4.18. The molecule has 0 saturated carbocycles. The van der Waals surface area contributed by atoms with Crippen LogP contribution in [0.1, 0.15) is 33.3 Å². The van der Waals surface area contributed by atoms with Gasteiger partial charge in [0.25, 0.3) is 10.0 Å². The van der Waals surface area contributed by atoms with E-state index in [1.165, 1.54) is 17.0 Å². The molecule has 0 saturated heterocycles. The Kier molecular flexibility index (Phi) is 11.5. The molecule has 0 spiro atoms. The Labute approximate surface area is 252 Å². The molecule has 0 bridgehead atoms. The summed E-state index contributed by atoms with van der Waals surface area (Å²) < 4.78 is 34.3. The maximum Gasteiger partial charge on any atom is 0.264 e. The van der Waals surface area contributed by atoms with E-state index in [2.05, 4.69) is 5.32 Å². The van der Waals surface area contributed by atoms with Gasteiger partial charge in [-0.1, -0.05) is 61.3 Å². The lowest BCUT2D eigenvalue weighted by molar-refractivity contribution is -0.139. The number of rotatable bonds is 13. The average Bonchev–Trinajstić information content (AvgIpc) is 2.94. The number of hydrogen-bond acceptors (Lipinski definition) is 5. The first-order valence-corrected chi connectivity index (χ1v) is 15.4. The molecule has 3 aromatic rings. The molecule has 0 heterocycles. The molecule has 220 valence electrons. The first kappa shape index (κ1) is 32.2. The van der Waals surface area contributed by atoms with Crippen LogP contribution in [0.25, 0.3) is 0 Å². The van der Waals surface area contributed by atoms with E-state index in [-0.39, 0.29) is 23.3 Å². The van der Waals surface area contributed by atoms with Crippen LogP contribution in [0.3, 0.4) is 0 Å². The van der Waals surface area contributed by atoms with Gasteiger partial charge < -0.3 is 15.0 Å². The molecule has 0 radical (unpaired) electrons. The second-order valence-electron chi connectivity index (χ2n) is 9.82. The molecule has 0 fully saturated rings. The van der Waals surface area contributed by atoms with Gasteiger partial charge in [0.15, 0.2) is 0 Å². The maximum absolute atomic E-state index is 14.0. The second kappa shape index (κ2) is 14.6. The number of para-hydroxylation sites is 1. The fraction of sp³-hybridized carbons (Fsp3) is 0.333. The highest BCUT2D eigenvalue weighted by Gasteiger charge is 2.32. The van der Waals surface area contributed by atoms with Crippen molar-refractivity contribution in [1.29, 1.82) is 0 Å². The number of hydrogen-bond donors (Lipinski definition) is 1. The number of sulfonamides is 1. The highest BCUT2D eigenvalue weighted by atomic mass is 35.5. The number of nitrogens with one attached hydrogen (secondary N) is 1. The summed E-state index contributed by atoms with van der Waals surface area (Å²) in [5.41, 5.74) is 0.865. The van der Waals surface area contributed by atoms with Crippen molar-refractivity contribution in [2.45, 2.75) is 45.2 Å². The van der Waals surface area contributed by atoms with Gasteiger partial charge in [0.2, 0.25) is 11.8 Å². The Morgan fingerprint density at radius 2 is 1.61 bits per heavy atom. The Morgan fingerprint density at radius 1 is 0.951 bits per heavy atom. The topological polar surface area (TPSA) is 96.0 Å². The van der Waals surface area contributed by atoms with E-state index >= 15 is 0 Å². The zero-order valence-corrected chi connectivity index (χ0v) is 25.8. The number of carbonyl (C=O) groups is 2. The fourth-order valence-corrected chi connectivity index (χ4v) is 5.88. The molecule has 0 aliphatic rings. The lowest BCUT2D eigenvalue weighted by Gasteiger charge is -2.32. The molecule has 0 unspecified atom stereocenters. The Balaban J connectivity index is 2.00. The highest BCUT2D eigenvalue weighted by Crippen LogP contribution is 2.27. The molecule has 3 rings (SSSR count). The molecule has 0 aliphatic heterocycles. The Bertz CT molecular complexity index is 1430. The zero-order chi connectivity index (χ0) is 30.2. The van der Waals surface area contributed by atoms with Crippen molar-refractivity contribution >= 4 is 50.7 Å². The first-order valence-electron chi connectivity index (χ1n) is 13.3. The summed E-state index contributed by atoms with van der Waals surface area (Å²) in [5, 5.41) is 3.61. The van der Waals surface area contributed by atoms with Gasteiger partial charge in [0, 0.05) is 23.1 Å². The molecule has 41 heavy (non-hydrogen) atoms. The van der Waals surface area contributed by atoms with Crippen LogP contribution in [0.4, 0.5) is 5.69 Å². The number of carbonyl (C=O) groups excluding carboxylic acids is 2. The van der Waals surface area contributed by atoms with Gasteiger partial charge in [-0.15, -0.1) is 0 Å². The van der Waals surface area contributed by atoms with Crippen LogP contribution < -0.4 is 14.4 Å². The number of nitrogens with zero attached hydrogens (tertiary/aromatic N) is 2. The minimum absolute atomic E-state index is 0.00683. The molecule has 1 N–H and O–H groups in total. The van der Waals surface area contributed by atoms with E-state index in [0.717, 1.165) is 4.31 Å². The number of ether oxygens (including phenoxy) is 1. The molecular weight excluding hydrogens is 585 g/mol. The largest absolute Gasteiger partial charge is 0.494 e. The number of amides is 2. The van der Waals surface area contributed by atoms with Crippen molar-refractivity contribution in [3.05, 3.63) is 88.4 Å². The van der Waals surface area contributed by atoms with Gasteiger partial charge >= 0.3 is 0 Å². The van der Waals surface area contributed by atoms with Crippen molar-refractivity contribution in [2.75, 3.05) is 24.0 Å². The van der Waals surface area contributed by atoms with Gasteiger partial charge in [-0.25, -0.2) is 8.42 Å². The summed E-state index contributed by atoms with van der Waals surface area (Å²) in [5.74, 6) is -0.214. The predicted octanol–water partition coefficient (Wildman–Crippen LogP) is 5.78. The van der Waals surface area contributed by atoms with Crippen LogP contribution in [0.2, 0.25) is 10.0 Å². The minimum Gasteiger partial charge on any atom is -0.494 e. The number of halogens is 2. The second-order valence-corrected chi connectivity index (χ2v) is 12.5. The van der Waals surface area contributed by atoms with E-state index in [1.807, 2.05) is 20.8 Å². The van der Waals surface area contributed by atoms with Gasteiger partial charge in [-0.05, 0) is 73.9 Å². The van der Waals surface area contributed by atoms with Crippen molar-refractivity contribution in [3.8, 4) is 5.75 Å². The SMILES string of the molecule is CCOc1ccc(S(=O)(=O)N(CC(=O)N(Cc2ccc(Cl)cc2Cl)[C@@H](C)C(=O)NCC(C)C)c2ccccc2)cc1. The van der Waals surface area contributed by atoms with Crippen LogP contribution in [-0.4, -0.2) is 50.9 Å². The van der Waals surface area contributed by atoms with Gasteiger partial charge in [0.05, 0.1) is 17.2 Å². The van der Waals surface area contributed by atoms with Crippen molar-refractivity contribution in [2.24, 2.45) is 5.92 Å². The summed E-state index contributed by atoms with van der Waals surface area (Å²) in [6, 6.07) is 18.3. The third kappa shape index (κ3) is 8.61. The lowest BCUT2D eigenvalue weighted by Crippen LogP contribution is -2.51. The fourth-order valence-electron chi connectivity index (χ4n) is 3.99. The number of anilines is 1. The zero-order valence-electron chi connectivity index (χ0n) is 23.5. The van der Waals surface area contributed by atoms with Gasteiger partial charge in [-0.3, -0.25) is 13.9 Å². The summed E-state index contributed by atoms with van der Waals surface area (Å²) in [6.45, 7) is 7.65. The molecule has 8 nitrogen and oxygen atoms in total. The van der Waals surface area contributed by atoms with E-state index in [0.29, 0.717) is 40.2 Å². The van der Waals surface area contributed by atoms with Crippen LogP contribution in [0, 0.1) is 5.92 Å². The normalized spacial score (nSPS) is 12.1. The van der Waals surface area contributed by atoms with Crippen LogP contribution in [-0.2, 0) is 26.2 Å². The number of benzene rings is 3. The van der Waals surface area contributed by atoms with Gasteiger partial charge in [0.1, 0.15) is 18.3 Å². The van der Waals surface area contributed by atoms with Crippen LogP contribution >= 0.6 is 23.2 Å². The molecule has 0 aliphatic carbocycles. The third-order valence-electron chi connectivity index (χ3n) is 6.25. The molecule has 11 heteroatoms. The quantitative estimate of drug-likeness (QED) is 0.262. The van der Waals surface area contributed by atoms with E-state index in [1.54, 1.807) is 67.6 Å². The minimum atomic E-state index is -4.18. The Hall–Kier alpha value is -3.27. The monoisotopic (exact) mass is 619 g/mol. The average molecular weight is 621 g/mol. The van der Waals surface area contributed by atoms with Crippen molar-refractivity contribution < 1.29 is 22.7 Å². The Morgan fingerprint density at radius 3 is 2.20 bits per heavy atom. The van der Waals surface area contributed by atoms with Crippen LogP contribution in [0.5, 0.6) is 5.75 Å². The first-order chi connectivity index (χ1) is 19.4. The molecule has 0 aromatic heterocycles. The summed E-state index contributed by atoms with van der Waals surface area (Å²) in [4.78, 5) is 28.4. The van der Waals surface area contributed by atoms with E-state index in [9.17, 15) is 18.0 Å². The summed E-state index contributed by atoms with van der Waals surface area (Å²) in [6.07, 6.45) is 0. The smallest absolute Gasteiger partial charge is 0.264 e. The van der Waals surface area contributed by atoms with E-state index in [4.69, 9.17) is 27.9 Å². The summed E-state index contributed by atoms with van der Waals surface area (Å²) >= 11 is 12.5. The van der Waals surface area contributed by atoms with Crippen molar-refractivity contribution in [1.82, 2.24) is 10.2 Å². The van der Waals surface area contributed by atoms with Crippen LogP contribution in [0.15, 0.2) is 77.7 Å². The maximum atomic E-state index is 14.0. The van der Waals surface area contributed by atoms with E-state index < -0.39 is 28.5 Å².